The van der Waals surface area contributed by atoms with Crippen LogP contribution in [0, 0.1) is 0 Å². The predicted molar refractivity (Wildman–Crippen MR) is 50.5 cm³/mol. The lowest BCUT2D eigenvalue weighted by Crippen LogP contribution is -2.26. The molecule has 0 saturated heterocycles. The first-order chi connectivity index (χ1) is 6.15. The molecule has 0 aromatic heterocycles. The van der Waals surface area contributed by atoms with Gasteiger partial charge in [0.05, 0.1) is 0 Å². The Kier molecular flexibility index (Phi) is 3.25. The van der Waals surface area contributed by atoms with Crippen LogP contribution in [0.4, 0.5) is 4.39 Å². The van der Waals surface area contributed by atoms with Gasteiger partial charge in [-0.15, -0.1) is 0 Å². The molecule has 0 aliphatic heterocycles. The van der Waals surface area contributed by atoms with Crippen LogP contribution in [0.25, 0.3) is 0 Å². The quantitative estimate of drug-likeness (QED) is 0.751. The molecule has 2 unspecified atom stereocenters. The first-order valence-electron chi connectivity index (χ1n) is 4.25. The van der Waals surface area contributed by atoms with Crippen molar-refractivity contribution in [2.45, 2.75) is 19.1 Å². The normalized spacial score (nSPS) is 15.3. The third kappa shape index (κ3) is 2.42. The van der Waals surface area contributed by atoms with Crippen LogP contribution in [0.3, 0.4) is 0 Å². The van der Waals surface area contributed by atoms with E-state index in [1.54, 1.807) is 26.1 Å². The van der Waals surface area contributed by atoms with E-state index < -0.39 is 6.17 Å². The molecule has 72 valence electrons. The summed E-state index contributed by atoms with van der Waals surface area (Å²) in [4.78, 5) is 0. The molecule has 0 bridgehead atoms. The van der Waals surface area contributed by atoms with E-state index in [0.29, 0.717) is 5.56 Å². The van der Waals surface area contributed by atoms with Crippen molar-refractivity contribution in [1.29, 1.82) is 0 Å². The van der Waals surface area contributed by atoms with Crippen molar-refractivity contribution in [1.82, 2.24) is 5.32 Å². The number of nitrogens with one attached hydrogen (secondary N) is 1. The highest BCUT2D eigenvalue weighted by atomic mass is 19.1. The molecule has 3 heteroatoms. The van der Waals surface area contributed by atoms with Crippen molar-refractivity contribution >= 4 is 0 Å². The van der Waals surface area contributed by atoms with Gasteiger partial charge in [0, 0.05) is 6.04 Å². The fraction of sp³-hybridized carbons (Fsp3) is 0.400. The molecule has 0 radical (unpaired) electrons. The Labute approximate surface area is 77.4 Å². The molecule has 0 fully saturated rings. The summed E-state index contributed by atoms with van der Waals surface area (Å²) in [5, 5.41) is 11.8. The maximum Gasteiger partial charge on any atom is 0.140 e. The Morgan fingerprint density at radius 3 is 2.31 bits per heavy atom. The summed E-state index contributed by atoms with van der Waals surface area (Å²) >= 11 is 0. The van der Waals surface area contributed by atoms with Crippen LogP contribution in [0.5, 0.6) is 5.75 Å². The molecule has 1 aromatic rings. The molecule has 2 nitrogen and oxygen atoms in total. The number of phenolic OH excluding ortho intramolecular Hbond substituents is 1. The average Bonchev–Trinajstić information content (AvgIpc) is 2.17. The summed E-state index contributed by atoms with van der Waals surface area (Å²) in [5.41, 5.74) is 0.583. The molecule has 0 aliphatic carbocycles. The minimum Gasteiger partial charge on any atom is -0.508 e. The van der Waals surface area contributed by atoms with Crippen LogP contribution in [0.1, 0.15) is 18.7 Å². The summed E-state index contributed by atoms with van der Waals surface area (Å²) in [5.74, 6) is 0.160. The number of rotatable bonds is 3. The summed E-state index contributed by atoms with van der Waals surface area (Å²) in [6.45, 7) is 1.78. The zero-order chi connectivity index (χ0) is 9.84. The van der Waals surface area contributed by atoms with Crippen molar-refractivity contribution in [3.63, 3.8) is 0 Å². The Morgan fingerprint density at radius 1 is 1.31 bits per heavy atom. The molecule has 2 atom stereocenters. The van der Waals surface area contributed by atoms with E-state index in [1.165, 1.54) is 12.1 Å². The van der Waals surface area contributed by atoms with E-state index in [4.69, 9.17) is 5.11 Å². The minimum atomic E-state index is -1.04. The van der Waals surface area contributed by atoms with Gasteiger partial charge in [-0.3, -0.25) is 0 Å². The second-order valence-corrected chi connectivity index (χ2v) is 3.07. The van der Waals surface area contributed by atoms with Crippen LogP contribution < -0.4 is 5.32 Å². The number of phenols is 1. The maximum atomic E-state index is 13.5. The van der Waals surface area contributed by atoms with Crippen LogP contribution in [0.15, 0.2) is 24.3 Å². The van der Waals surface area contributed by atoms with Gasteiger partial charge < -0.3 is 10.4 Å². The van der Waals surface area contributed by atoms with Gasteiger partial charge in [0.1, 0.15) is 11.9 Å². The number of hydrogen-bond donors (Lipinski definition) is 2. The monoisotopic (exact) mass is 183 g/mol. The number of aromatic hydroxyl groups is 1. The molecule has 13 heavy (non-hydrogen) atoms. The van der Waals surface area contributed by atoms with Crippen LogP contribution in [0.2, 0.25) is 0 Å². The van der Waals surface area contributed by atoms with Gasteiger partial charge in [-0.1, -0.05) is 12.1 Å². The van der Waals surface area contributed by atoms with Crippen molar-refractivity contribution in [2.75, 3.05) is 7.05 Å². The van der Waals surface area contributed by atoms with Gasteiger partial charge in [-0.25, -0.2) is 4.39 Å². The smallest absolute Gasteiger partial charge is 0.140 e. The minimum absolute atomic E-state index is 0.160. The van der Waals surface area contributed by atoms with Gasteiger partial charge >= 0.3 is 0 Å². The van der Waals surface area contributed by atoms with E-state index >= 15 is 0 Å². The standard InChI is InChI=1S/C10H14FNO/c1-7(12-2)10(11)8-3-5-9(13)6-4-8/h3-7,10,12-13H,1-2H3. The zero-order valence-corrected chi connectivity index (χ0v) is 7.79. The fourth-order valence-corrected chi connectivity index (χ4v) is 1.09. The van der Waals surface area contributed by atoms with Gasteiger partial charge in [0.2, 0.25) is 0 Å². The Hall–Kier alpha value is -1.09. The molecular weight excluding hydrogens is 169 g/mol. The summed E-state index contributed by atoms with van der Waals surface area (Å²) in [7, 11) is 1.72. The van der Waals surface area contributed by atoms with Crippen molar-refractivity contribution in [3.05, 3.63) is 29.8 Å². The van der Waals surface area contributed by atoms with Gasteiger partial charge in [-0.2, -0.15) is 0 Å². The molecule has 0 amide bonds. The van der Waals surface area contributed by atoms with E-state index in [1.807, 2.05) is 0 Å². The van der Waals surface area contributed by atoms with E-state index in [2.05, 4.69) is 5.32 Å². The van der Waals surface area contributed by atoms with E-state index in [9.17, 15) is 4.39 Å². The van der Waals surface area contributed by atoms with Crippen molar-refractivity contribution < 1.29 is 9.50 Å². The van der Waals surface area contributed by atoms with Gasteiger partial charge in [0.25, 0.3) is 0 Å². The Balaban J connectivity index is 2.77. The highest BCUT2D eigenvalue weighted by Gasteiger charge is 2.15. The lowest BCUT2D eigenvalue weighted by molar-refractivity contribution is 0.275. The molecule has 1 rings (SSSR count). The summed E-state index contributed by atoms with van der Waals surface area (Å²) in [6, 6.07) is 5.94. The SMILES string of the molecule is CNC(C)C(F)c1ccc(O)cc1. The van der Waals surface area contributed by atoms with Gasteiger partial charge in [-0.05, 0) is 31.7 Å². The number of hydrogen-bond acceptors (Lipinski definition) is 2. The first-order valence-corrected chi connectivity index (χ1v) is 4.25. The molecule has 2 N–H and O–H groups in total. The highest BCUT2D eigenvalue weighted by Crippen LogP contribution is 2.22. The predicted octanol–water partition coefficient (Wildman–Crippen LogP) is 2.01. The third-order valence-electron chi connectivity index (χ3n) is 2.11. The topological polar surface area (TPSA) is 32.3 Å². The lowest BCUT2D eigenvalue weighted by atomic mass is 10.1. The lowest BCUT2D eigenvalue weighted by Gasteiger charge is -2.15. The second-order valence-electron chi connectivity index (χ2n) is 3.07. The van der Waals surface area contributed by atoms with Crippen molar-refractivity contribution in [3.8, 4) is 5.75 Å². The summed E-state index contributed by atoms with van der Waals surface area (Å²) < 4.78 is 13.5. The van der Waals surface area contributed by atoms with E-state index in [-0.39, 0.29) is 11.8 Å². The molecule has 0 aliphatic rings. The molecular formula is C10H14FNO. The summed E-state index contributed by atoms with van der Waals surface area (Å²) in [6.07, 6.45) is -1.04. The zero-order valence-electron chi connectivity index (χ0n) is 7.79. The number of benzene rings is 1. The molecule has 0 spiro atoms. The number of halogens is 1. The Morgan fingerprint density at radius 2 is 1.85 bits per heavy atom. The van der Waals surface area contributed by atoms with Crippen molar-refractivity contribution in [2.24, 2.45) is 0 Å². The number of likely N-dealkylation sites (N-methyl/N-ethyl adjacent to an activating group) is 1. The molecule has 0 heterocycles. The van der Waals surface area contributed by atoms with Gasteiger partial charge in [0.15, 0.2) is 0 Å². The maximum absolute atomic E-state index is 13.5. The Bertz CT molecular complexity index is 260. The van der Waals surface area contributed by atoms with E-state index in [0.717, 1.165) is 0 Å². The first kappa shape index (κ1) is 9.99. The third-order valence-corrected chi connectivity index (χ3v) is 2.11. The molecule has 0 saturated carbocycles. The highest BCUT2D eigenvalue weighted by molar-refractivity contribution is 5.27. The van der Waals surface area contributed by atoms with Crippen LogP contribution >= 0.6 is 0 Å². The number of alkyl halides is 1. The average molecular weight is 183 g/mol. The largest absolute Gasteiger partial charge is 0.508 e. The van der Waals surface area contributed by atoms with Crippen LogP contribution in [-0.4, -0.2) is 18.2 Å². The van der Waals surface area contributed by atoms with Crippen LogP contribution in [-0.2, 0) is 0 Å². The molecule has 1 aromatic carbocycles. The fourth-order valence-electron chi connectivity index (χ4n) is 1.09. The second kappa shape index (κ2) is 4.23.